The van der Waals surface area contributed by atoms with E-state index in [-0.39, 0.29) is 21.1 Å². The molecule has 0 spiro atoms. The van der Waals surface area contributed by atoms with Crippen LogP contribution in [0.1, 0.15) is 26.3 Å². The van der Waals surface area contributed by atoms with Gasteiger partial charge in [-0.25, -0.2) is 9.59 Å². The molecule has 1 aromatic carbocycles. The number of carbonyl (C=O) groups is 2. The van der Waals surface area contributed by atoms with E-state index in [0.717, 1.165) is 0 Å². The second-order valence-electron chi connectivity index (χ2n) is 3.07. The van der Waals surface area contributed by atoms with Crippen LogP contribution in [0.25, 0.3) is 0 Å². The molecule has 0 aromatic heterocycles. The molecule has 0 fully saturated rings. The summed E-state index contributed by atoms with van der Waals surface area (Å²) in [6, 6.07) is 2.53. The molecule has 0 bridgehead atoms. The minimum atomic E-state index is -1.89. The molecule has 0 saturated carbocycles. The molecule has 2 N–H and O–H groups in total. The van der Waals surface area contributed by atoms with Gasteiger partial charge in [0.25, 0.3) is 0 Å². The Hall–Kier alpha value is -1.75. The number of carboxylic acids is 2. The number of terminal acetylenes is 1. The molecule has 0 unspecified atom stereocenters. The van der Waals surface area contributed by atoms with Gasteiger partial charge in [-0.2, -0.15) is 0 Å². The van der Waals surface area contributed by atoms with Gasteiger partial charge in [0.1, 0.15) is 0 Å². The molecule has 0 saturated heterocycles. The zero-order valence-electron chi connectivity index (χ0n) is 8.44. The molecular formula is C11H7IO5. The molecule has 0 aliphatic carbocycles. The second-order valence-corrected chi connectivity index (χ2v) is 4.59. The molecule has 0 radical (unpaired) electrons. The van der Waals surface area contributed by atoms with E-state index in [4.69, 9.17) is 16.6 Å². The summed E-state index contributed by atoms with van der Waals surface area (Å²) < 4.78 is 10.9. The highest BCUT2D eigenvalue weighted by molar-refractivity contribution is 14.1. The third kappa shape index (κ3) is 2.88. The highest BCUT2D eigenvalue weighted by Crippen LogP contribution is 2.23. The summed E-state index contributed by atoms with van der Waals surface area (Å²) in [5.74, 6) is -0.318. The predicted octanol–water partition coefficient (Wildman–Crippen LogP) is 1.74. The average Bonchev–Trinajstić information content (AvgIpc) is 2.28. The van der Waals surface area contributed by atoms with Crippen molar-refractivity contribution in [2.75, 3.05) is 0 Å². The first-order chi connectivity index (χ1) is 8.01. The SMILES string of the molecule is C#CCc1cc(C(=O)O)c(I=O)c(C(=O)O)c1. The fourth-order valence-corrected chi connectivity index (χ4v) is 2.55. The van der Waals surface area contributed by atoms with Gasteiger partial charge >= 0.3 is 11.9 Å². The topological polar surface area (TPSA) is 91.7 Å². The second kappa shape index (κ2) is 5.54. The lowest BCUT2D eigenvalue weighted by Crippen LogP contribution is -2.09. The molecule has 17 heavy (non-hydrogen) atoms. The number of halogens is 1. The highest BCUT2D eigenvalue weighted by atomic mass is 127. The lowest BCUT2D eigenvalue weighted by molar-refractivity contribution is 0.0695. The Labute approximate surface area is 107 Å². The Kier molecular flexibility index (Phi) is 4.34. The van der Waals surface area contributed by atoms with Crippen LogP contribution in [0.4, 0.5) is 0 Å². The summed E-state index contributed by atoms with van der Waals surface area (Å²) in [4.78, 5) is 21.9. The quantitative estimate of drug-likeness (QED) is 0.640. The van der Waals surface area contributed by atoms with Crippen molar-refractivity contribution >= 4 is 33.1 Å². The van der Waals surface area contributed by atoms with Crippen molar-refractivity contribution in [2.45, 2.75) is 6.42 Å². The Morgan fingerprint density at radius 3 is 2.00 bits per heavy atom. The zero-order valence-corrected chi connectivity index (χ0v) is 10.6. The van der Waals surface area contributed by atoms with Crippen LogP contribution in [-0.4, -0.2) is 22.2 Å². The maximum Gasteiger partial charge on any atom is 0.336 e. The molecule has 6 heteroatoms. The molecule has 88 valence electrons. The Morgan fingerprint density at radius 2 is 1.71 bits per heavy atom. The molecule has 0 amide bonds. The fraction of sp³-hybridized carbons (Fsp3) is 0.0909. The van der Waals surface area contributed by atoms with Gasteiger partial charge in [-0.05, 0) is 17.7 Å². The van der Waals surface area contributed by atoms with Crippen molar-refractivity contribution in [1.29, 1.82) is 0 Å². The van der Waals surface area contributed by atoms with Crippen molar-refractivity contribution in [1.82, 2.24) is 0 Å². The summed E-state index contributed by atoms with van der Waals surface area (Å²) in [5.41, 5.74) is -0.0978. The van der Waals surface area contributed by atoms with Crippen LogP contribution in [0.2, 0.25) is 0 Å². The van der Waals surface area contributed by atoms with E-state index in [9.17, 15) is 12.7 Å². The minimum Gasteiger partial charge on any atom is -0.478 e. The number of aromatic carboxylic acids is 2. The zero-order chi connectivity index (χ0) is 13.0. The van der Waals surface area contributed by atoms with Crippen LogP contribution < -0.4 is 0 Å². The van der Waals surface area contributed by atoms with Crippen LogP contribution in [0.3, 0.4) is 0 Å². The molecule has 0 heterocycles. The van der Waals surface area contributed by atoms with Gasteiger partial charge in [0.05, 0.1) is 14.7 Å². The lowest BCUT2D eigenvalue weighted by Gasteiger charge is -2.06. The standard InChI is InChI=1S/C11H7IO5/c1-2-3-6-4-7(10(13)14)9(12-17)8(5-6)11(15)16/h1,4-5H,3H2,(H,13,14)(H,15,16). The van der Waals surface area contributed by atoms with Crippen LogP contribution in [0.5, 0.6) is 0 Å². The predicted molar refractivity (Wildman–Crippen MR) is 66.3 cm³/mol. The summed E-state index contributed by atoms with van der Waals surface area (Å²) in [7, 11) is 0. The van der Waals surface area contributed by atoms with E-state index in [2.05, 4.69) is 5.92 Å². The van der Waals surface area contributed by atoms with Crippen molar-refractivity contribution in [2.24, 2.45) is 0 Å². The molecule has 0 aliphatic rings. The highest BCUT2D eigenvalue weighted by Gasteiger charge is 2.20. The van der Waals surface area contributed by atoms with Gasteiger partial charge in [0, 0.05) is 6.42 Å². The van der Waals surface area contributed by atoms with Crippen LogP contribution >= 0.6 is 21.2 Å². The summed E-state index contributed by atoms with van der Waals surface area (Å²) >= 11 is -1.89. The maximum atomic E-state index is 11.0. The Balaban J connectivity index is 3.57. The first-order valence-corrected chi connectivity index (χ1v) is 6.31. The summed E-state index contributed by atoms with van der Waals surface area (Å²) in [6.45, 7) is 0. The molecule has 1 aromatic rings. The van der Waals surface area contributed by atoms with Crippen molar-refractivity contribution in [3.05, 3.63) is 32.4 Å². The third-order valence-corrected chi connectivity index (χ3v) is 3.58. The van der Waals surface area contributed by atoms with Crippen molar-refractivity contribution in [3.8, 4) is 12.3 Å². The van der Waals surface area contributed by atoms with E-state index >= 15 is 0 Å². The van der Waals surface area contributed by atoms with E-state index in [1.165, 1.54) is 12.1 Å². The van der Waals surface area contributed by atoms with E-state index < -0.39 is 33.1 Å². The van der Waals surface area contributed by atoms with Gasteiger partial charge in [-0.3, -0.25) is 3.07 Å². The van der Waals surface area contributed by atoms with Crippen LogP contribution in [-0.2, 0) is 9.49 Å². The van der Waals surface area contributed by atoms with Gasteiger partial charge < -0.3 is 10.2 Å². The molecular weight excluding hydrogens is 339 g/mol. The van der Waals surface area contributed by atoms with Gasteiger partial charge in [0.2, 0.25) is 0 Å². The lowest BCUT2D eigenvalue weighted by atomic mass is 10.0. The molecule has 0 atom stereocenters. The average molecular weight is 346 g/mol. The van der Waals surface area contributed by atoms with Crippen LogP contribution in [0, 0.1) is 15.9 Å². The van der Waals surface area contributed by atoms with E-state index in [1.54, 1.807) is 0 Å². The van der Waals surface area contributed by atoms with Crippen molar-refractivity contribution in [3.63, 3.8) is 0 Å². The normalized spacial score (nSPS) is 9.59. The van der Waals surface area contributed by atoms with Gasteiger partial charge in [-0.15, -0.1) is 12.3 Å². The summed E-state index contributed by atoms with van der Waals surface area (Å²) in [5, 5.41) is 17.9. The number of carboxylic acid groups (broad SMARTS) is 2. The summed E-state index contributed by atoms with van der Waals surface area (Å²) in [6.07, 6.45) is 5.21. The largest absolute Gasteiger partial charge is 0.478 e. The van der Waals surface area contributed by atoms with E-state index in [0.29, 0.717) is 5.56 Å². The third-order valence-electron chi connectivity index (χ3n) is 1.98. The first kappa shape index (κ1) is 13.3. The fourth-order valence-electron chi connectivity index (χ4n) is 1.30. The Bertz CT molecular complexity index is 506. The maximum absolute atomic E-state index is 11.0. The number of hydrogen-bond donors (Lipinski definition) is 2. The smallest absolute Gasteiger partial charge is 0.336 e. The monoisotopic (exact) mass is 346 g/mol. The van der Waals surface area contributed by atoms with E-state index in [1.807, 2.05) is 0 Å². The molecule has 0 aliphatic heterocycles. The van der Waals surface area contributed by atoms with Gasteiger partial charge in [0.15, 0.2) is 21.2 Å². The molecule has 1 rings (SSSR count). The molecule has 5 nitrogen and oxygen atoms in total. The Morgan fingerprint density at radius 1 is 1.24 bits per heavy atom. The van der Waals surface area contributed by atoms with Crippen LogP contribution in [0.15, 0.2) is 12.1 Å². The number of hydrogen-bond acceptors (Lipinski definition) is 3. The first-order valence-electron chi connectivity index (χ1n) is 4.35. The van der Waals surface area contributed by atoms with Crippen molar-refractivity contribution < 1.29 is 22.9 Å². The van der Waals surface area contributed by atoms with Gasteiger partial charge in [-0.1, -0.05) is 0 Å². The number of benzene rings is 1. The number of rotatable bonds is 4. The minimum absolute atomic E-state index is 0.121.